The van der Waals surface area contributed by atoms with Gasteiger partial charge in [-0.15, -0.1) is 0 Å². The molecule has 0 bridgehead atoms. The van der Waals surface area contributed by atoms with E-state index >= 15 is 0 Å². The summed E-state index contributed by atoms with van der Waals surface area (Å²) in [5.74, 6) is -0.172. The monoisotopic (exact) mass is 375 g/mol. The molecule has 1 fully saturated rings. The van der Waals surface area contributed by atoms with Crippen LogP contribution < -0.4 is 10.2 Å². The number of fused-ring (bicyclic) bond motifs is 1. The van der Waals surface area contributed by atoms with Gasteiger partial charge in [-0.1, -0.05) is 24.3 Å². The van der Waals surface area contributed by atoms with Gasteiger partial charge in [-0.05, 0) is 54.3 Å². The predicted molar refractivity (Wildman–Crippen MR) is 112 cm³/mol. The fraction of sp³-hybridized carbons (Fsp3) is 0.304. The van der Waals surface area contributed by atoms with Crippen LogP contribution >= 0.6 is 0 Å². The first-order valence-electron chi connectivity index (χ1n) is 9.83. The summed E-state index contributed by atoms with van der Waals surface area (Å²) >= 11 is 0. The molecule has 0 saturated carbocycles. The van der Waals surface area contributed by atoms with E-state index < -0.39 is 0 Å². The van der Waals surface area contributed by atoms with Crippen LogP contribution in [-0.2, 0) is 9.59 Å². The van der Waals surface area contributed by atoms with Gasteiger partial charge in [0.05, 0.1) is 12.5 Å². The van der Waals surface area contributed by atoms with Crippen LogP contribution in [0.1, 0.15) is 43.4 Å². The highest BCUT2D eigenvalue weighted by Gasteiger charge is 2.28. The highest BCUT2D eigenvalue weighted by atomic mass is 16.2. The Labute approximate surface area is 165 Å². The Hall–Kier alpha value is -3.08. The van der Waals surface area contributed by atoms with Crippen molar-refractivity contribution in [2.45, 2.75) is 32.2 Å². The quantitative estimate of drug-likeness (QED) is 0.872. The lowest BCUT2D eigenvalue weighted by atomic mass is 9.93. The van der Waals surface area contributed by atoms with E-state index in [2.05, 4.69) is 22.3 Å². The minimum absolute atomic E-state index is 0.0708. The van der Waals surface area contributed by atoms with Gasteiger partial charge in [0.25, 0.3) is 0 Å². The van der Waals surface area contributed by atoms with Crippen LogP contribution in [0.4, 0.5) is 11.4 Å². The second-order valence-electron chi connectivity index (χ2n) is 7.38. The van der Waals surface area contributed by atoms with Crippen molar-refractivity contribution in [1.29, 1.82) is 0 Å². The molecular weight excluding hydrogens is 350 g/mol. The number of nitrogens with zero attached hydrogens (tertiary/aromatic N) is 2. The molecule has 0 radical (unpaired) electrons. The third-order valence-electron chi connectivity index (χ3n) is 5.47. The van der Waals surface area contributed by atoms with E-state index in [-0.39, 0.29) is 24.3 Å². The lowest BCUT2D eigenvalue weighted by Crippen LogP contribution is -2.33. The van der Waals surface area contributed by atoms with Crippen LogP contribution in [0.5, 0.6) is 0 Å². The second kappa shape index (κ2) is 7.89. The Bertz CT molecular complexity index is 898. The maximum absolute atomic E-state index is 12.7. The zero-order valence-electron chi connectivity index (χ0n) is 16.1. The summed E-state index contributed by atoms with van der Waals surface area (Å²) in [4.78, 5) is 28.8. The molecule has 1 atom stereocenters. The molecule has 2 aliphatic heterocycles. The van der Waals surface area contributed by atoms with Gasteiger partial charge in [0.1, 0.15) is 0 Å². The fourth-order valence-corrected chi connectivity index (χ4v) is 4.03. The van der Waals surface area contributed by atoms with Crippen LogP contribution in [0.15, 0.2) is 54.7 Å². The lowest BCUT2D eigenvalue weighted by molar-refractivity contribution is -0.129. The number of hydrogen-bond donors (Lipinski definition) is 1. The predicted octanol–water partition coefficient (Wildman–Crippen LogP) is 4.19. The van der Waals surface area contributed by atoms with Crippen molar-refractivity contribution in [3.05, 3.63) is 65.9 Å². The third-order valence-corrected chi connectivity index (χ3v) is 5.47. The molecule has 4 rings (SSSR count). The topological polar surface area (TPSA) is 52.7 Å². The highest BCUT2D eigenvalue weighted by molar-refractivity contribution is 5.92. The number of hydrogen-bond acceptors (Lipinski definition) is 3. The van der Waals surface area contributed by atoms with E-state index in [4.69, 9.17) is 0 Å². The van der Waals surface area contributed by atoms with E-state index in [1.165, 1.54) is 25.5 Å². The Morgan fingerprint density at radius 2 is 1.75 bits per heavy atom. The molecule has 2 heterocycles. The SMILES string of the molecule is CC(=O)N1C=Cc2ccccc2[C@@H]1CC(=O)Nc1ccc(N2CCCC2)cc1. The van der Waals surface area contributed by atoms with Crippen molar-refractivity contribution < 1.29 is 9.59 Å². The van der Waals surface area contributed by atoms with Gasteiger partial charge in [0.2, 0.25) is 11.8 Å². The van der Waals surface area contributed by atoms with Crippen molar-refractivity contribution >= 4 is 29.3 Å². The van der Waals surface area contributed by atoms with Crippen LogP contribution in [0.2, 0.25) is 0 Å². The number of rotatable bonds is 4. The van der Waals surface area contributed by atoms with E-state index in [0.717, 1.165) is 29.9 Å². The summed E-state index contributed by atoms with van der Waals surface area (Å²) in [7, 11) is 0. The van der Waals surface area contributed by atoms with Gasteiger partial charge in [0.15, 0.2) is 0 Å². The maximum Gasteiger partial charge on any atom is 0.226 e. The molecule has 28 heavy (non-hydrogen) atoms. The van der Waals surface area contributed by atoms with E-state index in [9.17, 15) is 9.59 Å². The van der Waals surface area contributed by atoms with E-state index in [1.807, 2.05) is 42.5 Å². The maximum atomic E-state index is 12.7. The molecule has 1 N–H and O–H groups in total. The Kier molecular flexibility index (Phi) is 5.15. The summed E-state index contributed by atoms with van der Waals surface area (Å²) in [6.45, 7) is 3.72. The molecule has 2 aromatic rings. The fourth-order valence-electron chi connectivity index (χ4n) is 4.03. The number of amides is 2. The van der Waals surface area contributed by atoms with Crippen LogP contribution in [0.25, 0.3) is 6.08 Å². The average Bonchev–Trinajstić information content (AvgIpc) is 3.23. The lowest BCUT2D eigenvalue weighted by Gasteiger charge is -2.32. The van der Waals surface area contributed by atoms with Crippen molar-refractivity contribution in [2.24, 2.45) is 0 Å². The standard InChI is InChI=1S/C23H25N3O2/c1-17(27)26-15-12-18-6-2-3-7-21(18)22(26)16-23(28)24-19-8-10-20(11-9-19)25-13-4-5-14-25/h2-3,6-12,15,22H,4-5,13-14,16H2,1H3,(H,24,28)/t22-/m0/s1. The molecular formula is C23H25N3O2. The molecule has 0 aliphatic carbocycles. The molecule has 1 saturated heterocycles. The Morgan fingerprint density at radius 1 is 1.04 bits per heavy atom. The van der Waals surface area contributed by atoms with E-state index in [1.54, 1.807) is 11.1 Å². The van der Waals surface area contributed by atoms with Gasteiger partial charge >= 0.3 is 0 Å². The molecule has 5 nitrogen and oxygen atoms in total. The van der Waals surface area contributed by atoms with Crippen LogP contribution in [0, 0.1) is 0 Å². The summed E-state index contributed by atoms with van der Waals surface area (Å²) in [5.41, 5.74) is 4.03. The van der Waals surface area contributed by atoms with Crippen LogP contribution in [-0.4, -0.2) is 29.8 Å². The average molecular weight is 375 g/mol. The molecule has 0 aromatic heterocycles. The molecule has 0 unspecified atom stereocenters. The molecule has 2 amide bonds. The zero-order valence-corrected chi connectivity index (χ0v) is 16.1. The molecule has 5 heteroatoms. The first kappa shape index (κ1) is 18.3. The van der Waals surface area contributed by atoms with Crippen LogP contribution in [0.3, 0.4) is 0 Å². The number of anilines is 2. The van der Waals surface area contributed by atoms with Crippen molar-refractivity contribution in [1.82, 2.24) is 4.90 Å². The number of carbonyl (C=O) groups excluding carboxylic acids is 2. The molecule has 144 valence electrons. The minimum Gasteiger partial charge on any atom is -0.372 e. The van der Waals surface area contributed by atoms with Crippen molar-refractivity contribution in [2.75, 3.05) is 23.3 Å². The van der Waals surface area contributed by atoms with Gasteiger partial charge in [-0.3, -0.25) is 9.59 Å². The number of benzene rings is 2. The third kappa shape index (κ3) is 3.79. The van der Waals surface area contributed by atoms with Gasteiger partial charge in [-0.2, -0.15) is 0 Å². The zero-order chi connectivity index (χ0) is 19.5. The first-order valence-corrected chi connectivity index (χ1v) is 9.83. The van der Waals surface area contributed by atoms with Gasteiger partial charge in [0, 0.05) is 37.6 Å². The Balaban J connectivity index is 1.46. The summed E-state index contributed by atoms with van der Waals surface area (Å²) in [6, 6.07) is 15.6. The molecule has 2 aliphatic rings. The van der Waals surface area contributed by atoms with Gasteiger partial charge < -0.3 is 15.1 Å². The smallest absolute Gasteiger partial charge is 0.226 e. The van der Waals surface area contributed by atoms with E-state index in [0.29, 0.717) is 0 Å². The minimum atomic E-state index is -0.289. The Morgan fingerprint density at radius 3 is 2.46 bits per heavy atom. The van der Waals surface area contributed by atoms with Gasteiger partial charge in [-0.25, -0.2) is 0 Å². The van der Waals surface area contributed by atoms with Crippen molar-refractivity contribution in [3.63, 3.8) is 0 Å². The number of carbonyl (C=O) groups is 2. The normalized spacial score (nSPS) is 18.1. The molecule has 0 spiro atoms. The summed E-state index contributed by atoms with van der Waals surface area (Å²) in [6.07, 6.45) is 6.38. The molecule has 2 aromatic carbocycles. The highest BCUT2D eigenvalue weighted by Crippen LogP contribution is 2.33. The van der Waals surface area contributed by atoms with Crippen molar-refractivity contribution in [3.8, 4) is 0 Å². The summed E-state index contributed by atoms with van der Waals surface area (Å²) < 4.78 is 0. The number of nitrogens with one attached hydrogen (secondary N) is 1. The summed E-state index contributed by atoms with van der Waals surface area (Å²) in [5, 5.41) is 2.98. The second-order valence-corrected chi connectivity index (χ2v) is 7.38. The first-order chi connectivity index (χ1) is 13.6. The largest absolute Gasteiger partial charge is 0.372 e.